The molecule has 1 N–H and O–H groups in total. The third-order valence-electron chi connectivity index (χ3n) is 5.45. The Kier molecular flexibility index (Phi) is 3.84. The zero-order chi connectivity index (χ0) is 19.3. The number of carbonyl (C=O) groups excluding carboxylic acids is 1. The number of amides is 1. The number of fused-ring (bicyclic) bond motifs is 2. The van der Waals surface area contributed by atoms with Crippen LogP contribution in [-0.2, 0) is 11.3 Å². The van der Waals surface area contributed by atoms with Crippen LogP contribution in [0, 0.1) is 5.92 Å². The minimum absolute atomic E-state index is 0.00245. The average Bonchev–Trinajstić information content (AvgIpc) is 3.24. The first-order valence-electron chi connectivity index (χ1n) is 9.17. The molecule has 5 rings (SSSR count). The molecule has 2 saturated heterocycles. The molecule has 2 fully saturated rings. The molecule has 0 radical (unpaired) electrons. The van der Waals surface area contributed by atoms with Gasteiger partial charge < -0.3 is 19.7 Å². The van der Waals surface area contributed by atoms with Gasteiger partial charge in [0.25, 0.3) is 0 Å². The van der Waals surface area contributed by atoms with E-state index in [9.17, 15) is 13.6 Å². The second kappa shape index (κ2) is 6.28. The number of halogens is 2. The van der Waals surface area contributed by atoms with E-state index in [1.807, 2.05) is 0 Å². The van der Waals surface area contributed by atoms with Crippen molar-refractivity contribution in [2.75, 3.05) is 18.0 Å². The number of para-hydroxylation sites is 1. The van der Waals surface area contributed by atoms with Gasteiger partial charge in [0.2, 0.25) is 11.9 Å². The lowest BCUT2D eigenvalue weighted by Gasteiger charge is -2.41. The van der Waals surface area contributed by atoms with Crippen LogP contribution in [0.5, 0.6) is 11.5 Å². The van der Waals surface area contributed by atoms with Crippen LogP contribution in [0.1, 0.15) is 24.8 Å². The van der Waals surface area contributed by atoms with Gasteiger partial charge in [-0.3, -0.25) is 4.79 Å². The Labute approximate surface area is 158 Å². The minimum Gasteiger partial charge on any atom is -0.395 e. The first-order chi connectivity index (χ1) is 13.5. The molecule has 1 amide bonds. The Balaban J connectivity index is 1.36. The Morgan fingerprint density at radius 3 is 3.07 bits per heavy atom. The summed E-state index contributed by atoms with van der Waals surface area (Å²) in [7, 11) is 0. The zero-order valence-electron chi connectivity index (χ0n) is 14.8. The number of piperidine rings is 2. The van der Waals surface area contributed by atoms with E-state index in [0.717, 1.165) is 19.4 Å². The van der Waals surface area contributed by atoms with Gasteiger partial charge in [-0.25, -0.2) is 4.68 Å². The lowest BCUT2D eigenvalue weighted by molar-refractivity contribution is -0.287. The van der Waals surface area contributed by atoms with Crippen molar-refractivity contribution in [2.45, 2.75) is 38.1 Å². The summed E-state index contributed by atoms with van der Waals surface area (Å²) in [6.45, 7) is 1.61. The van der Waals surface area contributed by atoms with Crippen LogP contribution in [0.2, 0.25) is 0 Å². The van der Waals surface area contributed by atoms with E-state index in [4.69, 9.17) is 0 Å². The van der Waals surface area contributed by atoms with E-state index in [2.05, 4.69) is 35.2 Å². The number of tetrazole rings is 1. The van der Waals surface area contributed by atoms with E-state index in [-0.39, 0.29) is 30.0 Å². The van der Waals surface area contributed by atoms with Crippen LogP contribution in [0.15, 0.2) is 18.2 Å². The van der Waals surface area contributed by atoms with Crippen molar-refractivity contribution in [3.05, 3.63) is 23.8 Å². The number of hydrogen-bond acceptors (Lipinski definition) is 7. The van der Waals surface area contributed by atoms with Crippen LogP contribution in [0.25, 0.3) is 0 Å². The largest absolute Gasteiger partial charge is 0.586 e. The fourth-order valence-electron chi connectivity index (χ4n) is 4.13. The van der Waals surface area contributed by atoms with Crippen molar-refractivity contribution in [1.82, 2.24) is 25.5 Å². The number of nitrogens with one attached hydrogen (secondary N) is 1. The van der Waals surface area contributed by atoms with Gasteiger partial charge in [0.05, 0.1) is 6.54 Å². The summed E-state index contributed by atoms with van der Waals surface area (Å²) in [5.41, 5.74) is 0.503. The van der Waals surface area contributed by atoms with Crippen molar-refractivity contribution in [3.63, 3.8) is 0 Å². The molecule has 2 aromatic rings. The summed E-state index contributed by atoms with van der Waals surface area (Å²) >= 11 is 0. The molecule has 0 aliphatic carbocycles. The van der Waals surface area contributed by atoms with Crippen molar-refractivity contribution < 1.29 is 23.0 Å². The Hall–Kier alpha value is -2.98. The third-order valence-corrected chi connectivity index (χ3v) is 5.45. The Morgan fingerprint density at radius 1 is 1.29 bits per heavy atom. The van der Waals surface area contributed by atoms with Gasteiger partial charge in [-0.1, -0.05) is 17.2 Å². The number of carbonyl (C=O) groups is 1. The number of ether oxygens (including phenoxy) is 2. The fraction of sp³-hybridized carbons (Fsp3) is 0.529. The maximum Gasteiger partial charge on any atom is 0.586 e. The van der Waals surface area contributed by atoms with E-state index in [0.29, 0.717) is 30.4 Å². The number of benzene rings is 1. The number of aromatic nitrogens is 4. The summed E-state index contributed by atoms with van der Waals surface area (Å²) in [6.07, 6.45) is -1.50. The van der Waals surface area contributed by atoms with Crippen molar-refractivity contribution in [1.29, 1.82) is 0 Å². The number of nitrogens with zero attached hydrogens (tertiary/aromatic N) is 5. The molecule has 3 aliphatic rings. The van der Waals surface area contributed by atoms with Gasteiger partial charge in [-0.15, -0.1) is 8.78 Å². The van der Waals surface area contributed by atoms with E-state index in [1.165, 1.54) is 6.07 Å². The molecule has 0 bridgehead atoms. The highest BCUT2D eigenvalue weighted by Gasteiger charge is 2.44. The molecule has 1 aromatic carbocycles. The molecule has 3 aliphatic heterocycles. The smallest absolute Gasteiger partial charge is 0.395 e. The fourth-order valence-corrected chi connectivity index (χ4v) is 4.13. The molecule has 2 unspecified atom stereocenters. The summed E-state index contributed by atoms with van der Waals surface area (Å²) in [5, 5.41) is 15.0. The van der Waals surface area contributed by atoms with Gasteiger partial charge in [-0.2, -0.15) is 0 Å². The van der Waals surface area contributed by atoms with Gasteiger partial charge in [-0.05, 0) is 35.3 Å². The molecule has 2 atom stereocenters. The lowest BCUT2D eigenvalue weighted by atomic mass is 9.85. The van der Waals surface area contributed by atoms with Crippen LogP contribution in [-0.4, -0.2) is 51.5 Å². The lowest BCUT2D eigenvalue weighted by Crippen LogP contribution is -2.54. The quantitative estimate of drug-likeness (QED) is 0.837. The highest BCUT2D eigenvalue weighted by molar-refractivity contribution is 5.77. The molecule has 28 heavy (non-hydrogen) atoms. The average molecular weight is 392 g/mol. The second-order valence-corrected chi connectivity index (χ2v) is 7.26. The number of rotatable bonds is 3. The minimum atomic E-state index is -3.67. The first kappa shape index (κ1) is 17.1. The second-order valence-electron chi connectivity index (χ2n) is 7.26. The standard InChI is InChI=1S/C17H18F2N6O3/c18-17(19)27-13-3-1-2-11(15(13)28-17)9-25-16(21-22-23-25)24-7-6-12-10(8-24)4-5-14(26)20-12/h1-3,10,12H,4-9H2,(H,20,26). The highest BCUT2D eigenvalue weighted by Crippen LogP contribution is 2.43. The molecular formula is C17H18F2N6O3. The molecule has 0 spiro atoms. The van der Waals surface area contributed by atoms with E-state index >= 15 is 0 Å². The zero-order valence-corrected chi connectivity index (χ0v) is 14.8. The molecule has 11 heteroatoms. The monoisotopic (exact) mass is 392 g/mol. The predicted octanol–water partition coefficient (Wildman–Crippen LogP) is 1.15. The topological polar surface area (TPSA) is 94.4 Å². The van der Waals surface area contributed by atoms with Crippen molar-refractivity contribution >= 4 is 11.9 Å². The van der Waals surface area contributed by atoms with Gasteiger partial charge in [0.1, 0.15) is 0 Å². The highest BCUT2D eigenvalue weighted by atomic mass is 19.3. The van der Waals surface area contributed by atoms with Crippen LogP contribution >= 0.6 is 0 Å². The third kappa shape index (κ3) is 3.00. The predicted molar refractivity (Wildman–Crippen MR) is 91.0 cm³/mol. The Bertz CT molecular complexity index is 920. The van der Waals surface area contributed by atoms with Gasteiger partial charge in [0, 0.05) is 31.1 Å². The van der Waals surface area contributed by atoms with Crippen LogP contribution in [0.4, 0.5) is 14.7 Å². The van der Waals surface area contributed by atoms with Crippen LogP contribution in [0.3, 0.4) is 0 Å². The molecule has 9 nitrogen and oxygen atoms in total. The summed E-state index contributed by atoms with van der Waals surface area (Å²) in [4.78, 5) is 13.7. The summed E-state index contributed by atoms with van der Waals surface area (Å²) in [5.74, 6) is 1.02. The van der Waals surface area contributed by atoms with Crippen LogP contribution < -0.4 is 19.7 Å². The number of anilines is 1. The maximum absolute atomic E-state index is 13.4. The molecule has 4 heterocycles. The summed E-state index contributed by atoms with van der Waals surface area (Å²) < 4.78 is 37.6. The van der Waals surface area contributed by atoms with Gasteiger partial charge >= 0.3 is 6.29 Å². The van der Waals surface area contributed by atoms with Crippen molar-refractivity contribution in [2.24, 2.45) is 5.92 Å². The normalized spacial score (nSPS) is 25.4. The Morgan fingerprint density at radius 2 is 2.18 bits per heavy atom. The van der Waals surface area contributed by atoms with Crippen molar-refractivity contribution in [3.8, 4) is 11.5 Å². The first-order valence-corrected chi connectivity index (χ1v) is 9.17. The molecule has 1 aromatic heterocycles. The number of alkyl halides is 2. The molecule has 0 saturated carbocycles. The van der Waals surface area contributed by atoms with E-state index in [1.54, 1.807) is 16.8 Å². The molecular weight excluding hydrogens is 374 g/mol. The molecule has 148 valence electrons. The summed E-state index contributed by atoms with van der Waals surface area (Å²) in [6, 6.07) is 4.92. The number of hydrogen-bond donors (Lipinski definition) is 1. The SMILES string of the molecule is O=C1CCC2CN(c3nnnn3Cc3cccc4c3OC(F)(F)O4)CCC2N1. The van der Waals surface area contributed by atoms with Gasteiger partial charge in [0.15, 0.2) is 11.5 Å². The van der Waals surface area contributed by atoms with E-state index < -0.39 is 6.29 Å². The maximum atomic E-state index is 13.4.